The van der Waals surface area contributed by atoms with Gasteiger partial charge in [0.05, 0.1) is 25.3 Å². The number of ether oxygens (including phenoxy) is 3. The van der Waals surface area contributed by atoms with E-state index in [1.807, 2.05) is 0 Å². The number of H-pyrrole nitrogens is 1. The van der Waals surface area contributed by atoms with E-state index < -0.39 is 17.9 Å². The molecule has 2 aromatic rings. The van der Waals surface area contributed by atoms with Gasteiger partial charge in [0.2, 0.25) is 0 Å². The molecule has 7 heteroatoms. The van der Waals surface area contributed by atoms with Crippen molar-refractivity contribution in [1.29, 1.82) is 0 Å². The standard InChI is InChI=1S/C18H19NO6/c1-10-14(17(21)24-4)11(2)19-15(10)18(22)25-9-12-5-7-13(8-6-12)16(20)23-3/h5-8,19H,9H2,1-4H3. The Morgan fingerprint density at radius 1 is 0.920 bits per heavy atom. The van der Waals surface area contributed by atoms with Crippen LogP contribution >= 0.6 is 0 Å². The third kappa shape index (κ3) is 3.88. The van der Waals surface area contributed by atoms with Crippen molar-refractivity contribution < 1.29 is 28.6 Å². The summed E-state index contributed by atoms with van der Waals surface area (Å²) >= 11 is 0. The van der Waals surface area contributed by atoms with Crippen molar-refractivity contribution in [2.45, 2.75) is 20.5 Å². The highest BCUT2D eigenvalue weighted by Crippen LogP contribution is 2.20. The number of hydrogen-bond donors (Lipinski definition) is 1. The smallest absolute Gasteiger partial charge is 0.355 e. The van der Waals surface area contributed by atoms with E-state index in [1.165, 1.54) is 14.2 Å². The molecule has 2 rings (SSSR count). The number of benzene rings is 1. The first-order valence-corrected chi connectivity index (χ1v) is 7.50. The summed E-state index contributed by atoms with van der Waals surface area (Å²) in [7, 11) is 2.59. The summed E-state index contributed by atoms with van der Waals surface area (Å²) in [6, 6.07) is 6.53. The Balaban J connectivity index is 2.08. The SMILES string of the molecule is COC(=O)c1ccc(COC(=O)c2[nH]c(C)c(C(=O)OC)c2C)cc1. The molecule has 0 aliphatic heterocycles. The lowest BCUT2D eigenvalue weighted by Crippen LogP contribution is -2.09. The van der Waals surface area contributed by atoms with Crippen LogP contribution in [0.4, 0.5) is 0 Å². The maximum atomic E-state index is 12.3. The van der Waals surface area contributed by atoms with Crippen molar-refractivity contribution in [2.24, 2.45) is 0 Å². The predicted molar refractivity (Wildman–Crippen MR) is 88.5 cm³/mol. The molecular weight excluding hydrogens is 326 g/mol. The zero-order valence-corrected chi connectivity index (χ0v) is 14.5. The largest absolute Gasteiger partial charge is 0.465 e. The van der Waals surface area contributed by atoms with Gasteiger partial charge in [-0.2, -0.15) is 0 Å². The maximum absolute atomic E-state index is 12.3. The topological polar surface area (TPSA) is 94.7 Å². The van der Waals surface area contributed by atoms with E-state index in [-0.39, 0.29) is 12.3 Å². The minimum Gasteiger partial charge on any atom is -0.465 e. The van der Waals surface area contributed by atoms with Crippen LogP contribution in [0.5, 0.6) is 0 Å². The molecule has 0 aliphatic carbocycles. The quantitative estimate of drug-likeness (QED) is 0.661. The summed E-state index contributed by atoms with van der Waals surface area (Å²) < 4.78 is 14.6. The van der Waals surface area contributed by atoms with Gasteiger partial charge >= 0.3 is 17.9 Å². The van der Waals surface area contributed by atoms with Gasteiger partial charge in [0.15, 0.2) is 0 Å². The lowest BCUT2D eigenvalue weighted by atomic mass is 10.1. The molecule has 0 atom stereocenters. The molecule has 0 unspecified atom stereocenters. The second-order valence-electron chi connectivity index (χ2n) is 5.38. The third-order valence-electron chi connectivity index (χ3n) is 3.78. The fourth-order valence-electron chi connectivity index (χ4n) is 2.44. The van der Waals surface area contributed by atoms with Crippen molar-refractivity contribution in [1.82, 2.24) is 4.98 Å². The van der Waals surface area contributed by atoms with Gasteiger partial charge in [-0.15, -0.1) is 0 Å². The Kier molecular flexibility index (Phi) is 5.59. The molecule has 1 aromatic heterocycles. The molecule has 0 radical (unpaired) electrons. The fourth-order valence-corrected chi connectivity index (χ4v) is 2.44. The van der Waals surface area contributed by atoms with Crippen LogP contribution in [0.2, 0.25) is 0 Å². The van der Waals surface area contributed by atoms with E-state index in [4.69, 9.17) is 9.47 Å². The van der Waals surface area contributed by atoms with Crippen LogP contribution < -0.4 is 0 Å². The average molecular weight is 345 g/mol. The van der Waals surface area contributed by atoms with Gasteiger partial charge in [0.1, 0.15) is 12.3 Å². The molecule has 7 nitrogen and oxygen atoms in total. The van der Waals surface area contributed by atoms with E-state index in [2.05, 4.69) is 9.72 Å². The minimum atomic E-state index is -0.576. The number of carbonyl (C=O) groups is 3. The lowest BCUT2D eigenvalue weighted by Gasteiger charge is -2.06. The van der Waals surface area contributed by atoms with Crippen LogP contribution in [-0.2, 0) is 20.8 Å². The second kappa shape index (κ2) is 7.65. The van der Waals surface area contributed by atoms with Crippen molar-refractivity contribution in [3.63, 3.8) is 0 Å². The van der Waals surface area contributed by atoms with Crippen molar-refractivity contribution in [3.05, 3.63) is 57.9 Å². The molecule has 1 heterocycles. The van der Waals surface area contributed by atoms with Crippen LogP contribution in [0.25, 0.3) is 0 Å². The zero-order chi connectivity index (χ0) is 18.6. The summed E-state index contributed by atoms with van der Waals surface area (Å²) in [6.07, 6.45) is 0. The number of methoxy groups -OCH3 is 2. The summed E-state index contributed by atoms with van der Waals surface area (Å²) in [5.41, 5.74) is 2.70. The van der Waals surface area contributed by atoms with Gasteiger partial charge in [-0.3, -0.25) is 0 Å². The Morgan fingerprint density at radius 2 is 1.52 bits per heavy atom. The average Bonchev–Trinajstić information content (AvgIpc) is 2.93. The van der Waals surface area contributed by atoms with Crippen LogP contribution in [-0.4, -0.2) is 37.1 Å². The second-order valence-corrected chi connectivity index (χ2v) is 5.38. The van der Waals surface area contributed by atoms with E-state index >= 15 is 0 Å². The van der Waals surface area contributed by atoms with Gasteiger partial charge in [-0.1, -0.05) is 12.1 Å². The molecular formula is C18H19NO6. The van der Waals surface area contributed by atoms with Gasteiger partial charge in [-0.05, 0) is 37.1 Å². The number of rotatable bonds is 5. The highest BCUT2D eigenvalue weighted by atomic mass is 16.5. The molecule has 0 fully saturated rings. The highest BCUT2D eigenvalue weighted by molar-refractivity contribution is 5.98. The molecule has 0 aliphatic rings. The Hall–Kier alpha value is -3.09. The van der Waals surface area contributed by atoms with Gasteiger partial charge < -0.3 is 19.2 Å². The molecule has 132 valence electrons. The monoisotopic (exact) mass is 345 g/mol. The fraction of sp³-hybridized carbons (Fsp3) is 0.278. The molecule has 0 spiro atoms. The van der Waals surface area contributed by atoms with Gasteiger partial charge in [0, 0.05) is 5.69 Å². The van der Waals surface area contributed by atoms with E-state index in [0.29, 0.717) is 22.4 Å². The van der Waals surface area contributed by atoms with E-state index in [9.17, 15) is 14.4 Å². The normalized spacial score (nSPS) is 10.2. The zero-order valence-electron chi connectivity index (χ0n) is 14.5. The number of nitrogens with one attached hydrogen (secondary N) is 1. The molecule has 0 bridgehead atoms. The minimum absolute atomic E-state index is 0.0331. The molecule has 0 saturated carbocycles. The van der Waals surface area contributed by atoms with Gasteiger partial charge in [-0.25, -0.2) is 14.4 Å². The number of esters is 3. The predicted octanol–water partition coefficient (Wildman–Crippen LogP) is 2.56. The van der Waals surface area contributed by atoms with Gasteiger partial charge in [0.25, 0.3) is 0 Å². The Bertz CT molecular complexity index is 804. The van der Waals surface area contributed by atoms with Crippen LogP contribution in [0.1, 0.15) is 48.0 Å². The molecule has 0 amide bonds. The number of aryl methyl sites for hydroxylation is 1. The van der Waals surface area contributed by atoms with Crippen molar-refractivity contribution >= 4 is 17.9 Å². The maximum Gasteiger partial charge on any atom is 0.355 e. The summed E-state index contributed by atoms with van der Waals surface area (Å²) in [4.78, 5) is 38.2. The van der Waals surface area contributed by atoms with Crippen molar-refractivity contribution in [3.8, 4) is 0 Å². The number of carbonyl (C=O) groups excluding carboxylic acids is 3. The van der Waals surface area contributed by atoms with Crippen LogP contribution in [0.15, 0.2) is 24.3 Å². The summed E-state index contributed by atoms with van der Waals surface area (Å²) in [5.74, 6) is -1.52. The Morgan fingerprint density at radius 3 is 2.08 bits per heavy atom. The molecule has 25 heavy (non-hydrogen) atoms. The first-order valence-electron chi connectivity index (χ1n) is 7.50. The molecule has 0 saturated heterocycles. The first kappa shape index (κ1) is 18.3. The third-order valence-corrected chi connectivity index (χ3v) is 3.78. The summed E-state index contributed by atoms with van der Waals surface area (Å²) in [5, 5.41) is 0. The van der Waals surface area contributed by atoms with Crippen LogP contribution in [0.3, 0.4) is 0 Å². The Labute approximate surface area is 144 Å². The number of aromatic nitrogens is 1. The highest BCUT2D eigenvalue weighted by Gasteiger charge is 2.23. The number of hydrogen-bond acceptors (Lipinski definition) is 6. The molecule has 1 N–H and O–H groups in total. The molecule has 1 aromatic carbocycles. The lowest BCUT2D eigenvalue weighted by molar-refractivity contribution is 0.0464. The number of aromatic amines is 1. The van der Waals surface area contributed by atoms with Crippen molar-refractivity contribution in [2.75, 3.05) is 14.2 Å². The van der Waals surface area contributed by atoms with E-state index in [1.54, 1.807) is 38.1 Å². The summed E-state index contributed by atoms with van der Waals surface area (Å²) in [6.45, 7) is 3.37. The van der Waals surface area contributed by atoms with E-state index in [0.717, 1.165) is 5.56 Å². The first-order chi connectivity index (χ1) is 11.9. The van der Waals surface area contributed by atoms with Crippen LogP contribution in [0, 0.1) is 13.8 Å².